The predicted octanol–water partition coefficient (Wildman–Crippen LogP) is 5.26. The number of nitrogens with zero attached hydrogens (tertiary/aromatic N) is 3. The summed E-state index contributed by atoms with van der Waals surface area (Å²) >= 11 is 1.49. The van der Waals surface area contributed by atoms with Crippen LogP contribution >= 0.6 is 11.3 Å². The third kappa shape index (κ3) is 4.10. The smallest absolute Gasteiger partial charge is 0.143 e. The highest BCUT2D eigenvalue weighted by Crippen LogP contribution is 2.35. The van der Waals surface area contributed by atoms with E-state index in [1.807, 2.05) is 83.7 Å². The number of aromatic nitrogens is 3. The normalized spacial score (nSPS) is 12.0. The minimum Gasteiger partial charge on any atom is -0.483 e. The summed E-state index contributed by atoms with van der Waals surface area (Å²) in [5.74, 6) is 0.816. The molecule has 7 heteroatoms. The summed E-state index contributed by atoms with van der Waals surface area (Å²) in [6.45, 7) is 0.504. The summed E-state index contributed by atoms with van der Waals surface area (Å²) in [6.07, 6.45) is 1.67. The van der Waals surface area contributed by atoms with Gasteiger partial charge in [-0.3, -0.25) is 5.41 Å². The quantitative estimate of drug-likeness (QED) is 0.267. The SMILES string of the molecule is N=C(N)c1cc2c(OC(Cn3cc(-c4ccccc4)nn3)c3ccccc3)cccc2s1. The number of hydrogen-bond acceptors (Lipinski definition) is 5. The van der Waals surface area contributed by atoms with Crippen molar-refractivity contribution in [1.82, 2.24) is 15.0 Å². The number of ether oxygens (including phenoxy) is 1. The maximum Gasteiger partial charge on any atom is 0.143 e. The molecule has 0 saturated heterocycles. The number of rotatable bonds is 7. The number of hydrogen-bond donors (Lipinski definition) is 2. The first-order chi connectivity index (χ1) is 15.7. The Morgan fingerprint density at radius 1 is 1.00 bits per heavy atom. The molecule has 1 unspecified atom stereocenters. The lowest BCUT2D eigenvalue weighted by Gasteiger charge is -2.20. The fraction of sp³-hybridized carbons (Fsp3) is 0.0800. The molecule has 0 aliphatic rings. The van der Waals surface area contributed by atoms with E-state index in [0.29, 0.717) is 6.54 Å². The minimum absolute atomic E-state index is 0.0628. The van der Waals surface area contributed by atoms with Gasteiger partial charge >= 0.3 is 0 Å². The molecule has 0 fully saturated rings. The van der Waals surface area contributed by atoms with Crippen molar-refractivity contribution in [2.24, 2.45) is 5.73 Å². The summed E-state index contributed by atoms with van der Waals surface area (Å²) < 4.78 is 9.38. The van der Waals surface area contributed by atoms with Crippen molar-refractivity contribution >= 4 is 27.3 Å². The fourth-order valence-corrected chi connectivity index (χ4v) is 4.54. The first-order valence-corrected chi connectivity index (χ1v) is 11.0. The fourth-order valence-electron chi connectivity index (χ4n) is 3.60. The number of amidine groups is 1. The van der Waals surface area contributed by atoms with Crippen molar-refractivity contribution in [3.05, 3.63) is 102 Å². The maximum atomic E-state index is 7.77. The van der Waals surface area contributed by atoms with Crippen LogP contribution in [0.3, 0.4) is 0 Å². The molecule has 158 valence electrons. The molecule has 0 aliphatic carbocycles. The Balaban J connectivity index is 1.47. The van der Waals surface area contributed by atoms with E-state index in [4.69, 9.17) is 15.9 Å². The largest absolute Gasteiger partial charge is 0.483 e. The van der Waals surface area contributed by atoms with Gasteiger partial charge in [0.25, 0.3) is 0 Å². The number of thiophene rings is 1. The third-order valence-corrected chi connectivity index (χ3v) is 6.32. The molecule has 6 nitrogen and oxygen atoms in total. The molecule has 0 aliphatic heterocycles. The van der Waals surface area contributed by atoms with Crippen LogP contribution in [-0.2, 0) is 6.54 Å². The highest BCUT2D eigenvalue weighted by atomic mass is 32.1. The Labute approximate surface area is 189 Å². The van der Waals surface area contributed by atoms with E-state index in [1.54, 1.807) is 0 Å². The molecule has 0 saturated carbocycles. The van der Waals surface area contributed by atoms with Crippen molar-refractivity contribution in [1.29, 1.82) is 5.41 Å². The molecule has 2 aromatic heterocycles. The number of nitrogens with one attached hydrogen (secondary N) is 1. The molecule has 0 spiro atoms. The average Bonchev–Trinajstić information content (AvgIpc) is 3.48. The van der Waals surface area contributed by atoms with Crippen LogP contribution in [0.5, 0.6) is 5.75 Å². The van der Waals surface area contributed by atoms with Gasteiger partial charge in [-0.2, -0.15) is 0 Å². The molecule has 3 N–H and O–H groups in total. The topological polar surface area (TPSA) is 89.8 Å². The molecule has 32 heavy (non-hydrogen) atoms. The molecular formula is C25H21N5OS. The average molecular weight is 440 g/mol. The van der Waals surface area contributed by atoms with E-state index in [-0.39, 0.29) is 11.9 Å². The number of fused-ring (bicyclic) bond motifs is 1. The van der Waals surface area contributed by atoms with Gasteiger partial charge < -0.3 is 10.5 Å². The Bertz CT molecular complexity index is 1360. The van der Waals surface area contributed by atoms with Crippen LogP contribution in [0.4, 0.5) is 0 Å². The summed E-state index contributed by atoms with van der Waals surface area (Å²) in [5.41, 5.74) is 8.60. The minimum atomic E-state index is -0.271. The van der Waals surface area contributed by atoms with Crippen molar-refractivity contribution in [2.45, 2.75) is 12.6 Å². The Morgan fingerprint density at radius 3 is 2.50 bits per heavy atom. The molecule has 2 heterocycles. The monoisotopic (exact) mass is 439 g/mol. The Morgan fingerprint density at radius 2 is 1.75 bits per heavy atom. The highest BCUT2D eigenvalue weighted by molar-refractivity contribution is 7.20. The van der Waals surface area contributed by atoms with Gasteiger partial charge in [0.05, 0.1) is 17.6 Å². The van der Waals surface area contributed by atoms with Crippen molar-refractivity contribution in [2.75, 3.05) is 0 Å². The second-order valence-corrected chi connectivity index (χ2v) is 8.49. The Hall–Kier alpha value is -3.97. The van der Waals surface area contributed by atoms with Crippen LogP contribution in [-0.4, -0.2) is 20.8 Å². The van der Waals surface area contributed by atoms with Gasteiger partial charge in [-0.15, -0.1) is 16.4 Å². The first-order valence-electron chi connectivity index (χ1n) is 10.2. The van der Waals surface area contributed by atoms with E-state index in [0.717, 1.165) is 37.5 Å². The van der Waals surface area contributed by atoms with Gasteiger partial charge in [0.15, 0.2) is 0 Å². The third-order valence-electron chi connectivity index (χ3n) is 5.19. The molecule has 5 rings (SSSR count). The van der Waals surface area contributed by atoms with Gasteiger partial charge in [-0.05, 0) is 23.8 Å². The van der Waals surface area contributed by atoms with Crippen LogP contribution in [0.1, 0.15) is 16.5 Å². The van der Waals surface area contributed by atoms with Crippen LogP contribution in [0, 0.1) is 5.41 Å². The lowest BCUT2D eigenvalue weighted by atomic mass is 10.1. The summed E-state index contributed by atoms with van der Waals surface area (Å²) in [7, 11) is 0. The lowest BCUT2D eigenvalue weighted by Crippen LogP contribution is -2.16. The van der Waals surface area contributed by atoms with E-state index in [2.05, 4.69) is 22.4 Å². The second-order valence-electron chi connectivity index (χ2n) is 7.40. The molecule has 1 atom stereocenters. The van der Waals surface area contributed by atoms with Gasteiger partial charge in [-0.1, -0.05) is 71.9 Å². The van der Waals surface area contributed by atoms with Gasteiger partial charge in [-0.25, -0.2) is 4.68 Å². The van der Waals surface area contributed by atoms with Crippen LogP contribution in [0.25, 0.3) is 21.3 Å². The zero-order chi connectivity index (χ0) is 21.9. The van der Waals surface area contributed by atoms with E-state index in [9.17, 15) is 0 Å². The van der Waals surface area contributed by atoms with Crippen LogP contribution < -0.4 is 10.5 Å². The molecule has 0 radical (unpaired) electrons. The predicted molar refractivity (Wildman–Crippen MR) is 128 cm³/mol. The summed E-state index contributed by atoms with van der Waals surface area (Å²) in [6, 6.07) is 27.9. The molecular weight excluding hydrogens is 418 g/mol. The lowest BCUT2D eigenvalue weighted by molar-refractivity contribution is 0.179. The van der Waals surface area contributed by atoms with Gasteiger partial charge in [0.2, 0.25) is 0 Å². The maximum absolute atomic E-state index is 7.77. The second kappa shape index (κ2) is 8.64. The van der Waals surface area contributed by atoms with Crippen molar-refractivity contribution in [3.63, 3.8) is 0 Å². The molecule has 0 amide bonds. The number of nitrogen functional groups attached to an aromatic ring is 1. The van der Waals surface area contributed by atoms with E-state index >= 15 is 0 Å². The van der Waals surface area contributed by atoms with Crippen molar-refractivity contribution < 1.29 is 4.74 Å². The molecule has 5 aromatic rings. The summed E-state index contributed by atoms with van der Waals surface area (Å²) in [4.78, 5) is 0.732. The summed E-state index contributed by atoms with van der Waals surface area (Å²) in [5, 5.41) is 17.4. The standard InChI is InChI=1S/C25H21N5OS/c26-25(27)24-14-19-21(12-7-13-23(19)32-24)31-22(18-10-5-2-6-11-18)16-30-15-20(28-29-30)17-8-3-1-4-9-17/h1-15,22H,16H2,(H3,26,27). The number of benzene rings is 3. The van der Waals surface area contributed by atoms with Crippen molar-refractivity contribution in [3.8, 4) is 17.0 Å². The van der Waals surface area contributed by atoms with Gasteiger partial charge in [0, 0.05) is 15.6 Å². The van der Waals surface area contributed by atoms with E-state index in [1.165, 1.54) is 11.3 Å². The number of nitrogens with two attached hydrogens (primary N) is 1. The first kappa shape index (κ1) is 20.0. The van der Waals surface area contributed by atoms with Gasteiger partial charge in [0.1, 0.15) is 23.4 Å². The zero-order valence-corrected chi connectivity index (χ0v) is 18.0. The van der Waals surface area contributed by atoms with Crippen LogP contribution in [0.2, 0.25) is 0 Å². The van der Waals surface area contributed by atoms with Crippen LogP contribution in [0.15, 0.2) is 91.1 Å². The highest BCUT2D eigenvalue weighted by Gasteiger charge is 2.18. The molecule has 3 aromatic carbocycles. The van der Waals surface area contributed by atoms with E-state index < -0.39 is 0 Å². The molecule has 0 bridgehead atoms. The Kier molecular flexibility index (Phi) is 5.39. The zero-order valence-electron chi connectivity index (χ0n) is 17.2.